The lowest BCUT2D eigenvalue weighted by molar-refractivity contribution is 0.0974. The van der Waals surface area contributed by atoms with Crippen LogP contribution < -0.4 is 15.0 Å². The second kappa shape index (κ2) is 7.03. The molecule has 0 aliphatic carbocycles. The molecular formula is C22H20N2O3. The van der Waals surface area contributed by atoms with Crippen LogP contribution in [-0.4, -0.2) is 17.6 Å². The lowest BCUT2D eigenvalue weighted by Crippen LogP contribution is -2.43. The first-order valence-corrected chi connectivity index (χ1v) is 8.89. The van der Waals surface area contributed by atoms with Crippen molar-refractivity contribution in [3.8, 4) is 11.5 Å². The number of nitrogens with one attached hydrogen (secondary N) is 1. The number of phenols is 1. The van der Waals surface area contributed by atoms with Gasteiger partial charge in [0.15, 0.2) is 0 Å². The Hall–Kier alpha value is -3.47. The quantitative estimate of drug-likeness (QED) is 0.716. The van der Waals surface area contributed by atoms with Crippen molar-refractivity contribution in [2.75, 3.05) is 16.8 Å². The average Bonchev–Trinajstić information content (AvgIpc) is 2.70. The highest BCUT2D eigenvalue weighted by Gasteiger charge is 2.35. The van der Waals surface area contributed by atoms with Crippen molar-refractivity contribution in [1.82, 2.24) is 0 Å². The van der Waals surface area contributed by atoms with Crippen LogP contribution in [0.2, 0.25) is 0 Å². The number of benzene rings is 3. The van der Waals surface area contributed by atoms with Gasteiger partial charge in [0.2, 0.25) is 0 Å². The van der Waals surface area contributed by atoms with Crippen LogP contribution in [0, 0.1) is 0 Å². The maximum atomic E-state index is 13.3. The Morgan fingerprint density at radius 2 is 1.78 bits per heavy atom. The fraction of sp³-hybridized carbons (Fsp3) is 0.136. The van der Waals surface area contributed by atoms with E-state index in [2.05, 4.69) is 5.32 Å². The minimum Gasteiger partial charge on any atom is -0.508 e. The minimum absolute atomic E-state index is 0.101. The summed E-state index contributed by atoms with van der Waals surface area (Å²) in [6.07, 6.45) is -0.560. The number of amides is 1. The summed E-state index contributed by atoms with van der Waals surface area (Å²) in [7, 11) is 0. The van der Waals surface area contributed by atoms with Crippen molar-refractivity contribution >= 4 is 17.3 Å². The molecule has 4 rings (SSSR count). The molecule has 0 radical (unpaired) electrons. The van der Waals surface area contributed by atoms with E-state index in [1.807, 2.05) is 55.5 Å². The SMILES string of the molecule is CCOc1ccc(O)c(C2Nc3ccccc3C(=O)N2c2ccccc2)c1. The summed E-state index contributed by atoms with van der Waals surface area (Å²) in [5.74, 6) is 0.622. The van der Waals surface area contributed by atoms with Crippen LogP contribution >= 0.6 is 0 Å². The molecule has 27 heavy (non-hydrogen) atoms. The van der Waals surface area contributed by atoms with Crippen molar-refractivity contribution in [3.05, 3.63) is 83.9 Å². The molecule has 1 heterocycles. The number of hydrogen-bond acceptors (Lipinski definition) is 4. The standard InChI is InChI=1S/C22H20N2O3/c1-2-27-16-12-13-20(25)18(14-16)21-23-19-11-7-6-10-17(19)22(26)24(21)15-8-4-3-5-9-15/h3-14,21,23,25H,2H2,1H3. The molecule has 0 spiro atoms. The molecule has 0 saturated carbocycles. The van der Waals surface area contributed by atoms with Crippen molar-refractivity contribution in [1.29, 1.82) is 0 Å². The van der Waals surface area contributed by atoms with Crippen LogP contribution in [0.25, 0.3) is 0 Å². The summed E-state index contributed by atoms with van der Waals surface area (Å²) in [5.41, 5.74) is 2.65. The highest BCUT2D eigenvalue weighted by molar-refractivity contribution is 6.12. The molecule has 136 valence electrons. The van der Waals surface area contributed by atoms with E-state index in [4.69, 9.17) is 4.74 Å². The first-order valence-electron chi connectivity index (χ1n) is 8.89. The minimum atomic E-state index is -0.560. The molecule has 3 aromatic carbocycles. The van der Waals surface area contributed by atoms with Gasteiger partial charge >= 0.3 is 0 Å². The van der Waals surface area contributed by atoms with E-state index in [1.165, 1.54) is 0 Å². The third kappa shape index (κ3) is 3.08. The second-order valence-electron chi connectivity index (χ2n) is 6.26. The fourth-order valence-corrected chi connectivity index (χ4v) is 3.33. The molecule has 3 aromatic rings. The third-order valence-electron chi connectivity index (χ3n) is 4.57. The van der Waals surface area contributed by atoms with E-state index < -0.39 is 6.17 Å². The molecule has 5 nitrogen and oxygen atoms in total. The van der Waals surface area contributed by atoms with Crippen LogP contribution in [0.15, 0.2) is 72.8 Å². The average molecular weight is 360 g/mol. The Bertz CT molecular complexity index is 972. The number of hydrogen-bond donors (Lipinski definition) is 2. The number of ether oxygens (including phenoxy) is 1. The molecule has 1 aliphatic rings. The Kier molecular flexibility index (Phi) is 4.42. The summed E-state index contributed by atoms with van der Waals surface area (Å²) in [4.78, 5) is 15.0. The summed E-state index contributed by atoms with van der Waals surface area (Å²) >= 11 is 0. The maximum absolute atomic E-state index is 13.3. The number of carbonyl (C=O) groups is 1. The Morgan fingerprint density at radius 1 is 1.04 bits per heavy atom. The molecule has 0 saturated heterocycles. The number of nitrogens with zero attached hydrogens (tertiary/aromatic N) is 1. The molecule has 5 heteroatoms. The number of aromatic hydroxyl groups is 1. The summed E-state index contributed by atoms with van der Waals surface area (Å²) < 4.78 is 5.59. The van der Waals surface area contributed by atoms with E-state index in [1.54, 1.807) is 29.2 Å². The van der Waals surface area contributed by atoms with Gasteiger partial charge in [0.25, 0.3) is 5.91 Å². The maximum Gasteiger partial charge on any atom is 0.262 e. The Labute approximate surface area is 157 Å². The first-order chi connectivity index (χ1) is 13.2. The van der Waals surface area contributed by atoms with Crippen molar-refractivity contribution in [3.63, 3.8) is 0 Å². The zero-order valence-electron chi connectivity index (χ0n) is 14.9. The van der Waals surface area contributed by atoms with E-state index in [9.17, 15) is 9.90 Å². The zero-order valence-corrected chi connectivity index (χ0v) is 14.9. The van der Waals surface area contributed by atoms with E-state index in [0.29, 0.717) is 23.5 Å². The number of anilines is 2. The molecule has 1 aliphatic heterocycles. The molecular weight excluding hydrogens is 340 g/mol. The van der Waals surface area contributed by atoms with Gasteiger partial charge in [-0.3, -0.25) is 9.69 Å². The number of phenolic OH excluding ortho intramolecular Hbond substituents is 1. The topological polar surface area (TPSA) is 61.8 Å². The predicted octanol–water partition coefficient (Wildman–Crippen LogP) is 4.56. The van der Waals surface area contributed by atoms with Gasteiger partial charge in [0.05, 0.1) is 12.2 Å². The molecule has 1 unspecified atom stereocenters. The van der Waals surface area contributed by atoms with Crippen molar-refractivity contribution < 1.29 is 14.6 Å². The van der Waals surface area contributed by atoms with Crippen LogP contribution in [0.5, 0.6) is 11.5 Å². The van der Waals surface area contributed by atoms with Crippen molar-refractivity contribution in [2.24, 2.45) is 0 Å². The predicted molar refractivity (Wildman–Crippen MR) is 105 cm³/mol. The Morgan fingerprint density at radius 3 is 2.56 bits per heavy atom. The fourth-order valence-electron chi connectivity index (χ4n) is 3.33. The van der Waals surface area contributed by atoms with Gasteiger partial charge in [-0.2, -0.15) is 0 Å². The second-order valence-corrected chi connectivity index (χ2v) is 6.26. The first kappa shape index (κ1) is 17.0. The molecule has 1 atom stereocenters. The van der Waals surface area contributed by atoms with Gasteiger partial charge in [-0.15, -0.1) is 0 Å². The number of carbonyl (C=O) groups excluding carboxylic acids is 1. The normalized spacial score (nSPS) is 15.8. The van der Waals surface area contributed by atoms with E-state index in [-0.39, 0.29) is 11.7 Å². The van der Waals surface area contributed by atoms with Gasteiger partial charge < -0.3 is 15.2 Å². The lowest BCUT2D eigenvalue weighted by Gasteiger charge is -2.38. The van der Waals surface area contributed by atoms with Crippen LogP contribution in [0.4, 0.5) is 11.4 Å². The van der Waals surface area contributed by atoms with E-state index in [0.717, 1.165) is 11.4 Å². The summed E-state index contributed by atoms with van der Waals surface area (Å²) in [6.45, 7) is 2.42. The highest BCUT2D eigenvalue weighted by atomic mass is 16.5. The monoisotopic (exact) mass is 360 g/mol. The molecule has 1 amide bonds. The van der Waals surface area contributed by atoms with Crippen LogP contribution in [0.3, 0.4) is 0 Å². The zero-order chi connectivity index (χ0) is 18.8. The molecule has 0 aromatic heterocycles. The largest absolute Gasteiger partial charge is 0.508 e. The van der Waals surface area contributed by atoms with E-state index >= 15 is 0 Å². The Balaban J connectivity index is 1.87. The number of fused-ring (bicyclic) bond motifs is 1. The molecule has 2 N–H and O–H groups in total. The van der Waals surface area contributed by atoms with Crippen LogP contribution in [-0.2, 0) is 0 Å². The van der Waals surface area contributed by atoms with Gasteiger partial charge in [-0.25, -0.2) is 0 Å². The third-order valence-corrected chi connectivity index (χ3v) is 4.57. The lowest BCUT2D eigenvalue weighted by atomic mass is 10.0. The van der Waals surface area contributed by atoms with Gasteiger partial charge in [-0.1, -0.05) is 30.3 Å². The summed E-state index contributed by atoms with van der Waals surface area (Å²) in [6, 6.07) is 21.9. The summed E-state index contributed by atoms with van der Waals surface area (Å²) in [5, 5.41) is 13.9. The molecule has 0 fully saturated rings. The highest BCUT2D eigenvalue weighted by Crippen LogP contribution is 2.40. The van der Waals surface area contributed by atoms with Gasteiger partial charge in [0, 0.05) is 16.9 Å². The van der Waals surface area contributed by atoms with Gasteiger partial charge in [-0.05, 0) is 49.4 Å². The van der Waals surface area contributed by atoms with Crippen molar-refractivity contribution in [2.45, 2.75) is 13.1 Å². The molecule has 0 bridgehead atoms. The van der Waals surface area contributed by atoms with Gasteiger partial charge in [0.1, 0.15) is 17.7 Å². The smallest absolute Gasteiger partial charge is 0.262 e. The number of rotatable bonds is 4. The van der Waals surface area contributed by atoms with Crippen LogP contribution in [0.1, 0.15) is 29.0 Å². The number of para-hydroxylation sites is 2.